The van der Waals surface area contributed by atoms with Gasteiger partial charge in [0.25, 0.3) is 0 Å². The molecular weight excluding hydrogens is 270 g/mol. The summed E-state index contributed by atoms with van der Waals surface area (Å²) in [7, 11) is 0. The summed E-state index contributed by atoms with van der Waals surface area (Å²) in [4.78, 5) is 11.7. The van der Waals surface area contributed by atoms with E-state index in [2.05, 4.69) is 21.6 Å². The number of amides is 1. The highest BCUT2D eigenvalue weighted by Gasteiger charge is 2.29. The predicted octanol–water partition coefficient (Wildman–Crippen LogP) is 1.27. The zero-order chi connectivity index (χ0) is 13.8. The second-order valence-electron chi connectivity index (χ2n) is 4.21. The van der Waals surface area contributed by atoms with Crippen LogP contribution in [0.2, 0.25) is 0 Å². The second-order valence-corrected chi connectivity index (χ2v) is 6.44. The summed E-state index contributed by atoms with van der Waals surface area (Å²) in [6, 6.07) is 2.12. The molecule has 1 unspecified atom stereocenters. The molecular formula is C10H15N5OS2. The van der Waals surface area contributed by atoms with Gasteiger partial charge in [0.15, 0.2) is 4.34 Å². The SMILES string of the molecule is CC(C)C(C)(C#N)NC(=O)CSc1nnc(N)s1. The van der Waals surface area contributed by atoms with Gasteiger partial charge in [0, 0.05) is 0 Å². The Morgan fingerprint density at radius 1 is 1.67 bits per heavy atom. The molecule has 1 heterocycles. The Hall–Kier alpha value is -1.33. The van der Waals surface area contributed by atoms with E-state index in [1.54, 1.807) is 6.92 Å². The summed E-state index contributed by atoms with van der Waals surface area (Å²) in [5, 5.41) is 19.6. The van der Waals surface area contributed by atoms with Crippen LogP contribution in [0.4, 0.5) is 5.13 Å². The topological polar surface area (TPSA) is 105 Å². The predicted molar refractivity (Wildman–Crippen MR) is 72.0 cm³/mol. The fourth-order valence-corrected chi connectivity index (χ4v) is 2.47. The molecule has 0 aromatic carbocycles. The van der Waals surface area contributed by atoms with E-state index in [0.717, 1.165) is 0 Å². The Balaban J connectivity index is 2.50. The highest BCUT2D eigenvalue weighted by atomic mass is 32.2. The van der Waals surface area contributed by atoms with Gasteiger partial charge in [-0.05, 0) is 12.8 Å². The number of nitrogens with one attached hydrogen (secondary N) is 1. The largest absolute Gasteiger partial charge is 0.374 e. The van der Waals surface area contributed by atoms with Crippen LogP contribution in [-0.4, -0.2) is 27.4 Å². The van der Waals surface area contributed by atoms with E-state index in [9.17, 15) is 4.79 Å². The highest BCUT2D eigenvalue weighted by Crippen LogP contribution is 2.23. The van der Waals surface area contributed by atoms with Crippen LogP contribution in [0.1, 0.15) is 20.8 Å². The summed E-state index contributed by atoms with van der Waals surface area (Å²) in [5.41, 5.74) is 4.59. The quantitative estimate of drug-likeness (QED) is 0.789. The van der Waals surface area contributed by atoms with Gasteiger partial charge in [0.2, 0.25) is 11.0 Å². The average molecular weight is 285 g/mol. The van der Waals surface area contributed by atoms with Gasteiger partial charge >= 0.3 is 0 Å². The minimum absolute atomic E-state index is 0.0358. The summed E-state index contributed by atoms with van der Waals surface area (Å²) in [5.74, 6) is 0.0265. The van der Waals surface area contributed by atoms with Crippen molar-refractivity contribution in [1.29, 1.82) is 5.26 Å². The van der Waals surface area contributed by atoms with E-state index >= 15 is 0 Å². The lowest BCUT2D eigenvalue weighted by atomic mass is 9.90. The maximum absolute atomic E-state index is 11.7. The first kappa shape index (κ1) is 14.7. The first-order valence-corrected chi connectivity index (χ1v) is 7.11. The summed E-state index contributed by atoms with van der Waals surface area (Å²) in [6.07, 6.45) is 0. The lowest BCUT2D eigenvalue weighted by Gasteiger charge is -2.27. The third-order valence-corrected chi connectivity index (χ3v) is 4.42. The molecule has 6 nitrogen and oxygen atoms in total. The number of nitrogen functional groups attached to an aromatic ring is 1. The van der Waals surface area contributed by atoms with Crippen molar-refractivity contribution in [3.05, 3.63) is 0 Å². The van der Waals surface area contributed by atoms with E-state index in [-0.39, 0.29) is 17.6 Å². The van der Waals surface area contributed by atoms with Gasteiger partial charge in [-0.15, -0.1) is 10.2 Å². The maximum Gasteiger partial charge on any atom is 0.231 e. The number of hydrogen-bond donors (Lipinski definition) is 2. The standard InChI is InChI=1S/C10H15N5OS2/c1-6(2)10(3,5-11)13-7(16)4-17-9-15-14-8(12)18-9/h6H,4H2,1-3H3,(H2,12,14)(H,13,16). The number of carbonyl (C=O) groups is 1. The molecule has 98 valence electrons. The van der Waals surface area contributed by atoms with Crippen LogP contribution in [0.5, 0.6) is 0 Å². The zero-order valence-electron chi connectivity index (χ0n) is 10.4. The number of hydrogen-bond acceptors (Lipinski definition) is 7. The Kier molecular flexibility index (Phi) is 4.93. The number of nitrogens with two attached hydrogens (primary N) is 1. The zero-order valence-corrected chi connectivity index (χ0v) is 12.1. The first-order valence-electron chi connectivity index (χ1n) is 5.31. The molecule has 0 radical (unpaired) electrons. The van der Waals surface area contributed by atoms with Crippen molar-refractivity contribution in [3.8, 4) is 6.07 Å². The number of thioether (sulfide) groups is 1. The van der Waals surface area contributed by atoms with Crippen molar-refractivity contribution >= 4 is 34.1 Å². The van der Waals surface area contributed by atoms with Crippen LogP contribution < -0.4 is 11.1 Å². The van der Waals surface area contributed by atoms with E-state index < -0.39 is 5.54 Å². The minimum Gasteiger partial charge on any atom is -0.374 e. The van der Waals surface area contributed by atoms with Gasteiger partial charge in [0.05, 0.1) is 11.8 Å². The minimum atomic E-state index is -0.849. The van der Waals surface area contributed by atoms with E-state index in [0.29, 0.717) is 9.47 Å². The number of rotatable bonds is 5. The van der Waals surface area contributed by atoms with Crippen molar-refractivity contribution < 1.29 is 4.79 Å². The highest BCUT2D eigenvalue weighted by molar-refractivity contribution is 8.01. The van der Waals surface area contributed by atoms with E-state index in [1.807, 2.05) is 13.8 Å². The number of nitriles is 1. The molecule has 8 heteroatoms. The summed E-state index contributed by atoms with van der Waals surface area (Å²) < 4.78 is 0.644. The average Bonchev–Trinajstić information content (AvgIpc) is 2.72. The van der Waals surface area contributed by atoms with Gasteiger partial charge in [-0.25, -0.2) is 0 Å². The number of nitrogens with zero attached hydrogens (tertiary/aromatic N) is 3. The van der Waals surface area contributed by atoms with Crippen LogP contribution in [-0.2, 0) is 4.79 Å². The van der Waals surface area contributed by atoms with Crippen LogP contribution in [0.25, 0.3) is 0 Å². The van der Waals surface area contributed by atoms with Gasteiger partial charge in [-0.2, -0.15) is 5.26 Å². The van der Waals surface area contributed by atoms with Crippen molar-refractivity contribution in [3.63, 3.8) is 0 Å². The normalized spacial score (nSPS) is 13.9. The fraction of sp³-hybridized carbons (Fsp3) is 0.600. The molecule has 18 heavy (non-hydrogen) atoms. The van der Waals surface area contributed by atoms with Crippen LogP contribution >= 0.6 is 23.1 Å². The Morgan fingerprint density at radius 3 is 2.78 bits per heavy atom. The molecule has 3 N–H and O–H groups in total. The first-order chi connectivity index (χ1) is 8.37. The number of anilines is 1. The Labute approximate surface area is 114 Å². The molecule has 0 fully saturated rings. The van der Waals surface area contributed by atoms with Gasteiger partial charge in [0.1, 0.15) is 5.54 Å². The monoisotopic (exact) mass is 285 g/mol. The molecule has 1 aromatic heterocycles. The summed E-state index contributed by atoms with van der Waals surface area (Å²) in [6.45, 7) is 5.49. The molecule has 0 saturated carbocycles. The van der Waals surface area contributed by atoms with Crippen LogP contribution in [0.3, 0.4) is 0 Å². The Bertz CT molecular complexity index is 467. The maximum atomic E-state index is 11.7. The van der Waals surface area contributed by atoms with E-state index in [4.69, 9.17) is 11.0 Å². The molecule has 0 spiro atoms. The molecule has 1 atom stereocenters. The van der Waals surface area contributed by atoms with Gasteiger partial charge in [-0.3, -0.25) is 4.79 Å². The lowest BCUT2D eigenvalue weighted by molar-refractivity contribution is -0.120. The van der Waals surface area contributed by atoms with Crippen molar-refractivity contribution in [2.75, 3.05) is 11.5 Å². The van der Waals surface area contributed by atoms with Gasteiger partial charge in [-0.1, -0.05) is 36.9 Å². The molecule has 0 aliphatic carbocycles. The fourth-order valence-electron chi connectivity index (χ4n) is 1.03. The number of carbonyl (C=O) groups excluding carboxylic acids is 1. The molecule has 0 saturated heterocycles. The molecule has 0 aliphatic rings. The van der Waals surface area contributed by atoms with Crippen LogP contribution in [0.15, 0.2) is 4.34 Å². The van der Waals surface area contributed by atoms with E-state index in [1.165, 1.54) is 23.1 Å². The van der Waals surface area contributed by atoms with Crippen molar-refractivity contribution in [1.82, 2.24) is 15.5 Å². The molecule has 0 bridgehead atoms. The smallest absolute Gasteiger partial charge is 0.231 e. The van der Waals surface area contributed by atoms with Gasteiger partial charge < -0.3 is 11.1 Å². The second kappa shape index (κ2) is 6.02. The Morgan fingerprint density at radius 2 is 2.33 bits per heavy atom. The molecule has 1 rings (SSSR count). The summed E-state index contributed by atoms with van der Waals surface area (Å²) >= 11 is 2.49. The third-order valence-electron chi connectivity index (χ3n) is 2.53. The lowest BCUT2D eigenvalue weighted by Crippen LogP contribution is -2.49. The third kappa shape index (κ3) is 3.85. The van der Waals surface area contributed by atoms with Crippen molar-refractivity contribution in [2.24, 2.45) is 5.92 Å². The van der Waals surface area contributed by atoms with Crippen molar-refractivity contribution in [2.45, 2.75) is 30.6 Å². The molecule has 0 aliphatic heterocycles. The molecule has 1 amide bonds. The number of aromatic nitrogens is 2. The van der Waals surface area contributed by atoms with Crippen LogP contribution in [0, 0.1) is 17.2 Å². The molecule has 1 aromatic rings.